The van der Waals surface area contributed by atoms with Gasteiger partial charge in [0.2, 0.25) is 0 Å². The van der Waals surface area contributed by atoms with Crippen molar-refractivity contribution in [1.29, 1.82) is 0 Å². The minimum atomic E-state index is -0.587. The monoisotopic (exact) mass is 151 g/mol. The van der Waals surface area contributed by atoms with E-state index in [1.165, 1.54) is 6.26 Å². The van der Waals surface area contributed by atoms with Gasteiger partial charge in [-0.2, -0.15) is 4.98 Å². The zero-order chi connectivity index (χ0) is 7.84. The lowest BCUT2D eigenvalue weighted by molar-refractivity contribution is 0.517. The van der Waals surface area contributed by atoms with Gasteiger partial charge in [-0.05, 0) is 6.92 Å². The summed E-state index contributed by atoms with van der Waals surface area (Å²) < 4.78 is 9.73. The van der Waals surface area contributed by atoms with E-state index in [4.69, 9.17) is 8.83 Å². The second-order valence-corrected chi connectivity index (χ2v) is 2.18. The fraction of sp³-hybridized carbons (Fsp3) is 0.143. The minimum Gasteiger partial charge on any atom is -0.459 e. The topological polar surface area (TPSA) is 56.2 Å². The van der Waals surface area contributed by atoms with E-state index in [9.17, 15) is 4.79 Å². The molecule has 2 aromatic rings. The largest absolute Gasteiger partial charge is 0.459 e. The molecular formula is C7H5NO3. The first-order valence-corrected chi connectivity index (χ1v) is 3.12. The lowest BCUT2D eigenvalue weighted by Crippen LogP contribution is -2.04. The summed E-state index contributed by atoms with van der Waals surface area (Å²) in [6.07, 6.45) is 1.46. The Morgan fingerprint density at radius 2 is 2.36 bits per heavy atom. The van der Waals surface area contributed by atoms with E-state index >= 15 is 0 Å². The van der Waals surface area contributed by atoms with Crippen LogP contribution in [0.1, 0.15) is 5.69 Å². The van der Waals surface area contributed by atoms with Crippen LogP contribution in [-0.2, 0) is 0 Å². The molecule has 0 aliphatic rings. The predicted molar refractivity (Wildman–Crippen MR) is 37.3 cm³/mol. The number of fused-ring (bicyclic) bond motifs is 1. The highest BCUT2D eigenvalue weighted by Crippen LogP contribution is 2.14. The SMILES string of the molecule is Cc1nc(=O)oc2ccoc12. The van der Waals surface area contributed by atoms with Crippen LogP contribution in [0, 0.1) is 6.92 Å². The van der Waals surface area contributed by atoms with E-state index in [0.717, 1.165) is 0 Å². The van der Waals surface area contributed by atoms with Gasteiger partial charge in [0, 0.05) is 6.07 Å². The van der Waals surface area contributed by atoms with Crippen LogP contribution in [0.15, 0.2) is 26.0 Å². The second-order valence-electron chi connectivity index (χ2n) is 2.18. The van der Waals surface area contributed by atoms with Gasteiger partial charge in [0.15, 0.2) is 11.2 Å². The van der Waals surface area contributed by atoms with Crippen molar-refractivity contribution >= 4 is 11.2 Å². The molecule has 4 nitrogen and oxygen atoms in total. The van der Waals surface area contributed by atoms with E-state index in [2.05, 4.69) is 4.98 Å². The smallest absolute Gasteiger partial charge is 0.439 e. The Labute approximate surface area is 61.5 Å². The summed E-state index contributed by atoms with van der Waals surface area (Å²) in [5.41, 5.74) is 1.54. The van der Waals surface area contributed by atoms with Crippen LogP contribution in [0.3, 0.4) is 0 Å². The molecule has 0 fully saturated rings. The number of hydrogen-bond donors (Lipinski definition) is 0. The Morgan fingerprint density at radius 1 is 1.55 bits per heavy atom. The molecule has 0 saturated heterocycles. The zero-order valence-electron chi connectivity index (χ0n) is 5.83. The van der Waals surface area contributed by atoms with Gasteiger partial charge in [0.1, 0.15) is 0 Å². The van der Waals surface area contributed by atoms with E-state index in [0.29, 0.717) is 16.9 Å². The molecule has 0 atom stereocenters. The number of furan rings is 1. The van der Waals surface area contributed by atoms with Gasteiger partial charge in [-0.3, -0.25) is 0 Å². The van der Waals surface area contributed by atoms with Crippen molar-refractivity contribution in [3.8, 4) is 0 Å². The molecule has 0 aliphatic heterocycles. The fourth-order valence-corrected chi connectivity index (χ4v) is 0.946. The van der Waals surface area contributed by atoms with Gasteiger partial charge in [-0.1, -0.05) is 0 Å². The third-order valence-corrected chi connectivity index (χ3v) is 1.41. The van der Waals surface area contributed by atoms with Crippen LogP contribution in [0.4, 0.5) is 0 Å². The summed E-state index contributed by atoms with van der Waals surface area (Å²) in [7, 11) is 0. The Balaban J connectivity index is 3.02. The van der Waals surface area contributed by atoms with Crippen molar-refractivity contribution in [3.05, 3.63) is 28.6 Å². The summed E-state index contributed by atoms with van der Waals surface area (Å²) in [6, 6.07) is 1.59. The average Bonchev–Trinajstić information content (AvgIpc) is 2.34. The lowest BCUT2D eigenvalue weighted by Gasteiger charge is -1.88. The molecule has 2 aromatic heterocycles. The molecule has 4 heteroatoms. The second kappa shape index (κ2) is 1.95. The van der Waals surface area contributed by atoms with Crippen molar-refractivity contribution in [2.45, 2.75) is 6.92 Å². The van der Waals surface area contributed by atoms with Crippen LogP contribution in [0.25, 0.3) is 11.2 Å². The average molecular weight is 151 g/mol. The molecule has 0 radical (unpaired) electrons. The van der Waals surface area contributed by atoms with Crippen LogP contribution in [0.5, 0.6) is 0 Å². The summed E-state index contributed by atoms with van der Waals surface area (Å²) in [6.45, 7) is 1.70. The van der Waals surface area contributed by atoms with Crippen LogP contribution in [-0.4, -0.2) is 4.98 Å². The lowest BCUT2D eigenvalue weighted by atomic mass is 10.4. The van der Waals surface area contributed by atoms with Gasteiger partial charge in [-0.25, -0.2) is 4.79 Å². The van der Waals surface area contributed by atoms with Crippen molar-refractivity contribution in [1.82, 2.24) is 4.98 Å². The number of aromatic nitrogens is 1. The molecule has 0 spiro atoms. The Hall–Kier alpha value is -1.58. The first kappa shape index (κ1) is 6.15. The van der Waals surface area contributed by atoms with Crippen LogP contribution in [0.2, 0.25) is 0 Å². The number of hydrogen-bond acceptors (Lipinski definition) is 4. The summed E-state index contributed by atoms with van der Waals surface area (Å²) >= 11 is 0. The molecule has 56 valence electrons. The number of aryl methyl sites for hydroxylation is 1. The van der Waals surface area contributed by atoms with Crippen LogP contribution >= 0.6 is 0 Å². The highest BCUT2D eigenvalue weighted by molar-refractivity contribution is 5.71. The maximum Gasteiger partial charge on any atom is 0.439 e. The Bertz CT molecular complexity index is 440. The summed E-state index contributed by atoms with van der Waals surface area (Å²) in [5, 5.41) is 0. The van der Waals surface area contributed by atoms with Gasteiger partial charge in [0.05, 0.1) is 12.0 Å². The maximum atomic E-state index is 10.7. The van der Waals surface area contributed by atoms with Crippen molar-refractivity contribution in [2.24, 2.45) is 0 Å². The quantitative estimate of drug-likeness (QED) is 0.565. The van der Waals surface area contributed by atoms with Gasteiger partial charge >= 0.3 is 5.76 Å². The first-order chi connectivity index (χ1) is 5.27. The standard InChI is InChI=1S/C7H5NO3/c1-4-6-5(2-3-10-6)11-7(9)8-4/h2-3H,1H3. The highest BCUT2D eigenvalue weighted by Gasteiger charge is 2.04. The summed E-state index contributed by atoms with van der Waals surface area (Å²) in [5.74, 6) is -0.587. The van der Waals surface area contributed by atoms with Crippen molar-refractivity contribution in [2.75, 3.05) is 0 Å². The number of nitrogens with zero attached hydrogens (tertiary/aromatic N) is 1. The highest BCUT2D eigenvalue weighted by atomic mass is 16.4. The molecule has 0 bridgehead atoms. The Morgan fingerprint density at radius 3 is 3.18 bits per heavy atom. The van der Waals surface area contributed by atoms with E-state index in [1.54, 1.807) is 13.0 Å². The Kier molecular flexibility index (Phi) is 1.09. The van der Waals surface area contributed by atoms with Gasteiger partial charge < -0.3 is 8.83 Å². The molecule has 2 rings (SSSR count). The van der Waals surface area contributed by atoms with Crippen LogP contribution < -0.4 is 5.76 Å². The molecule has 0 N–H and O–H groups in total. The van der Waals surface area contributed by atoms with Gasteiger partial charge in [0.25, 0.3) is 0 Å². The first-order valence-electron chi connectivity index (χ1n) is 3.12. The van der Waals surface area contributed by atoms with E-state index < -0.39 is 5.76 Å². The maximum absolute atomic E-state index is 10.7. The normalized spacial score (nSPS) is 10.6. The zero-order valence-corrected chi connectivity index (χ0v) is 5.83. The number of rotatable bonds is 0. The summed E-state index contributed by atoms with van der Waals surface area (Å²) in [4.78, 5) is 14.2. The fourth-order valence-electron chi connectivity index (χ4n) is 0.946. The molecule has 0 unspecified atom stereocenters. The van der Waals surface area contributed by atoms with E-state index in [1.807, 2.05) is 0 Å². The van der Waals surface area contributed by atoms with E-state index in [-0.39, 0.29) is 0 Å². The predicted octanol–water partition coefficient (Wildman–Crippen LogP) is 1.09. The van der Waals surface area contributed by atoms with Crippen molar-refractivity contribution < 1.29 is 8.83 Å². The molecule has 2 heterocycles. The van der Waals surface area contributed by atoms with Gasteiger partial charge in [-0.15, -0.1) is 0 Å². The third-order valence-electron chi connectivity index (χ3n) is 1.41. The molecule has 0 saturated carbocycles. The molecule has 0 amide bonds. The van der Waals surface area contributed by atoms with Crippen molar-refractivity contribution in [3.63, 3.8) is 0 Å². The molecular weight excluding hydrogens is 146 g/mol. The third kappa shape index (κ3) is 0.832. The minimum absolute atomic E-state index is 0.447. The molecule has 0 aliphatic carbocycles. The molecule has 0 aromatic carbocycles. The molecule has 11 heavy (non-hydrogen) atoms.